The number of carbonyl (C=O) groups excluding carboxylic acids is 1. The van der Waals surface area contributed by atoms with E-state index in [-0.39, 0.29) is 18.3 Å². The zero-order chi connectivity index (χ0) is 13.8. The molecule has 0 unspecified atom stereocenters. The van der Waals surface area contributed by atoms with E-state index in [1.807, 2.05) is 0 Å². The van der Waals surface area contributed by atoms with Gasteiger partial charge in [-0.05, 0) is 49.6 Å². The molecule has 0 heterocycles. The van der Waals surface area contributed by atoms with Crippen molar-refractivity contribution in [3.05, 3.63) is 29.6 Å². The van der Waals surface area contributed by atoms with E-state index >= 15 is 0 Å². The van der Waals surface area contributed by atoms with Crippen LogP contribution in [-0.2, 0) is 11.2 Å². The number of nitrogens with two attached hydrogens (primary N) is 1. The monoisotopic (exact) mass is 266 g/mol. The van der Waals surface area contributed by atoms with Crippen LogP contribution < -0.4 is 10.5 Å². The predicted molar refractivity (Wildman–Crippen MR) is 70.4 cm³/mol. The molecule has 2 N–H and O–H groups in total. The Labute approximate surface area is 112 Å². The van der Waals surface area contributed by atoms with Crippen molar-refractivity contribution < 1.29 is 13.9 Å². The van der Waals surface area contributed by atoms with Gasteiger partial charge < -0.3 is 15.4 Å². The fraction of sp³-hybridized carbons (Fsp3) is 0.500. The lowest BCUT2D eigenvalue weighted by molar-refractivity contribution is -0.132. The van der Waals surface area contributed by atoms with Crippen LogP contribution >= 0.6 is 0 Å². The van der Waals surface area contributed by atoms with Crippen LogP contribution in [0.3, 0.4) is 0 Å². The maximum absolute atomic E-state index is 13.1. The van der Waals surface area contributed by atoms with E-state index in [4.69, 9.17) is 10.5 Å². The van der Waals surface area contributed by atoms with Gasteiger partial charge in [0.2, 0.25) is 0 Å². The van der Waals surface area contributed by atoms with Crippen LogP contribution in [0.2, 0.25) is 0 Å². The molecular formula is C14H19FN2O2. The summed E-state index contributed by atoms with van der Waals surface area (Å²) in [6.45, 7) is 0.395. The summed E-state index contributed by atoms with van der Waals surface area (Å²) in [5, 5.41) is 0. The van der Waals surface area contributed by atoms with Gasteiger partial charge in [0.05, 0.1) is 0 Å². The minimum Gasteiger partial charge on any atom is -0.483 e. The van der Waals surface area contributed by atoms with Gasteiger partial charge in [-0.2, -0.15) is 0 Å². The summed E-state index contributed by atoms with van der Waals surface area (Å²) < 4.78 is 18.6. The Hall–Kier alpha value is -1.62. The van der Waals surface area contributed by atoms with Gasteiger partial charge in [-0.3, -0.25) is 4.79 Å². The molecule has 0 spiro atoms. The number of nitrogens with zero attached hydrogens (tertiary/aromatic N) is 1. The average Bonchev–Trinajstić information content (AvgIpc) is 3.21. The smallest absolute Gasteiger partial charge is 0.260 e. The highest BCUT2D eigenvalue weighted by Crippen LogP contribution is 2.25. The first kappa shape index (κ1) is 13.8. The molecule has 0 atom stereocenters. The summed E-state index contributed by atoms with van der Waals surface area (Å²) in [5.41, 5.74) is 6.18. The van der Waals surface area contributed by atoms with Crippen molar-refractivity contribution in [3.8, 4) is 5.75 Å². The number of carbonyl (C=O) groups is 1. The van der Waals surface area contributed by atoms with Crippen LogP contribution in [0.15, 0.2) is 18.2 Å². The van der Waals surface area contributed by atoms with Crippen molar-refractivity contribution in [2.75, 3.05) is 20.2 Å². The Morgan fingerprint density at radius 2 is 2.26 bits per heavy atom. The lowest BCUT2D eigenvalue weighted by atomic mass is 10.1. The number of benzene rings is 1. The molecular weight excluding hydrogens is 247 g/mol. The van der Waals surface area contributed by atoms with Crippen molar-refractivity contribution in [2.45, 2.75) is 25.3 Å². The molecule has 1 aromatic rings. The number of hydrogen-bond acceptors (Lipinski definition) is 3. The minimum absolute atomic E-state index is 0.0177. The van der Waals surface area contributed by atoms with Crippen LogP contribution in [0, 0.1) is 5.82 Å². The van der Waals surface area contributed by atoms with Gasteiger partial charge in [0.1, 0.15) is 11.6 Å². The molecule has 4 nitrogen and oxygen atoms in total. The highest BCUT2D eigenvalue weighted by molar-refractivity contribution is 5.78. The highest BCUT2D eigenvalue weighted by Gasteiger charge is 2.29. The molecule has 1 aromatic carbocycles. The third-order valence-corrected chi connectivity index (χ3v) is 3.28. The molecule has 1 aliphatic rings. The number of rotatable bonds is 6. The van der Waals surface area contributed by atoms with Gasteiger partial charge in [-0.25, -0.2) is 4.39 Å². The van der Waals surface area contributed by atoms with Gasteiger partial charge in [0, 0.05) is 13.1 Å². The second-order valence-corrected chi connectivity index (χ2v) is 4.82. The number of hydrogen-bond donors (Lipinski definition) is 1. The van der Waals surface area contributed by atoms with Crippen LogP contribution in [0.25, 0.3) is 0 Å². The lowest BCUT2D eigenvalue weighted by Crippen LogP contribution is -2.33. The van der Waals surface area contributed by atoms with E-state index in [1.165, 1.54) is 12.1 Å². The van der Waals surface area contributed by atoms with Crippen molar-refractivity contribution in [3.63, 3.8) is 0 Å². The normalized spacial score (nSPS) is 14.3. The molecule has 0 saturated heterocycles. The lowest BCUT2D eigenvalue weighted by Gasteiger charge is -2.17. The van der Waals surface area contributed by atoms with Crippen molar-refractivity contribution in [2.24, 2.45) is 5.73 Å². The number of likely N-dealkylation sites (N-methyl/N-ethyl adjacent to an activating group) is 1. The third kappa shape index (κ3) is 3.67. The first-order chi connectivity index (χ1) is 9.11. The topological polar surface area (TPSA) is 55.6 Å². The molecule has 19 heavy (non-hydrogen) atoms. The van der Waals surface area contributed by atoms with Crippen LogP contribution in [0.1, 0.15) is 18.4 Å². The van der Waals surface area contributed by atoms with Crippen LogP contribution in [-0.4, -0.2) is 37.0 Å². The fourth-order valence-electron chi connectivity index (χ4n) is 1.95. The summed E-state index contributed by atoms with van der Waals surface area (Å²) in [6, 6.07) is 4.64. The molecule has 5 heteroatoms. The van der Waals surface area contributed by atoms with E-state index in [0.717, 1.165) is 12.8 Å². The van der Waals surface area contributed by atoms with Gasteiger partial charge in [0.15, 0.2) is 6.61 Å². The van der Waals surface area contributed by atoms with Crippen molar-refractivity contribution in [1.82, 2.24) is 4.90 Å². The summed E-state index contributed by atoms with van der Waals surface area (Å²) in [4.78, 5) is 13.6. The van der Waals surface area contributed by atoms with E-state index in [0.29, 0.717) is 30.3 Å². The van der Waals surface area contributed by atoms with Gasteiger partial charge in [-0.1, -0.05) is 0 Å². The Bertz CT molecular complexity index is 461. The molecule has 1 saturated carbocycles. The highest BCUT2D eigenvalue weighted by atomic mass is 19.1. The summed E-state index contributed by atoms with van der Waals surface area (Å²) >= 11 is 0. The number of halogens is 1. The zero-order valence-corrected chi connectivity index (χ0v) is 11.1. The SMILES string of the molecule is CN(C(=O)COc1ccc(F)cc1CCN)C1CC1. The van der Waals surface area contributed by atoms with Gasteiger partial charge >= 0.3 is 0 Å². The Balaban J connectivity index is 1.96. The molecule has 1 aliphatic carbocycles. The first-order valence-electron chi connectivity index (χ1n) is 6.48. The summed E-state index contributed by atoms with van der Waals surface area (Å²) in [6.07, 6.45) is 2.66. The second-order valence-electron chi connectivity index (χ2n) is 4.82. The third-order valence-electron chi connectivity index (χ3n) is 3.28. The molecule has 0 bridgehead atoms. The van der Waals surface area contributed by atoms with Gasteiger partial charge in [0.25, 0.3) is 5.91 Å². The second kappa shape index (κ2) is 6.02. The van der Waals surface area contributed by atoms with Gasteiger partial charge in [-0.15, -0.1) is 0 Å². The Morgan fingerprint density at radius 1 is 1.53 bits per heavy atom. The summed E-state index contributed by atoms with van der Waals surface area (Å²) in [5.74, 6) is 0.159. The molecule has 0 aliphatic heterocycles. The molecule has 2 rings (SSSR count). The molecule has 104 valence electrons. The van der Waals surface area contributed by atoms with E-state index < -0.39 is 0 Å². The molecule has 1 fully saturated rings. The fourth-order valence-corrected chi connectivity index (χ4v) is 1.95. The van der Waals surface area contributed by atoms with Crippen molar-refractivity contribution >= 4 is 5.91 Å². The van der Waals surface area contributed by atoms with E-state index in [1.54, 1.807) is 18.0 Å². The quantitative estimate of drug-likeness (QED) is 0.845. The number of ether oxygens (including phenoxy) is 1. The maximum atomic E-state index is 13.1. The Kier molecular flexibility index (Phi) is 4.37. The Morgan fingerprint density at radius 3 is 2.89 bits per heavy atom. The van der Waals surface area contributed by atoms with Crippen molar-refractivity contribution in [1.29, 1.82) is 0 Å². The van der Waals surface area contributed by atoms with E-state index in [9.17, 15) is 9.18 Å². The predicted octanol–water partition coefficient (Wildman–Crippen LogP) is 1.33. The summed E-state index contributed by atoms with van der Waals surface area (Å²) in [7, 11) is 1.79. The molecule has 0 radical (unpaired) electrons. The van der Waals surface area contributed by atoms with E-state index in [2.05, 4.69) is 0 Å². The molecule has 0 aromatic heterocycles. The van der Waals surface area contributed by atoms with Crippen LogP contribution in [0.4, 0.5) is 4.39 Å². The standard InChI is InChI=1S/C14H19FN2O2/c1-17(12-3-4-12)14(18)9-19-13-5-2-11(15)8-10(13)6-7-16/h2,5,8,12H,3-4,6-7,9,16H2,1H3. The molecule has 1 amide bonds. The zero-order valence-electron chi connectivity index (χ0n) is 11.1. The number of amides is 1. The first-order valence-corrected chi connectivity index (χ1v) is 6.48. The average molecular weight is 266 g/mol. The minimum atomic E-state index is -0.322. The maximum Gasteiger partial charge on any atom is 0.260 e. The largest absolute Gasteiger partial charge is 0.483 e. The van der Waals surface area contributed by atoms with Crippen LogP contribution in [0.5, 0.6) is 5.75 Å².